The van der Waals surface area contributed by atoms with Crippen molar-refractivity contribution in [3.8, 4) is 0 Å². The molecule has 0 amide bonds. The van der Waals surface area contributed by atoms with Crippen LogP contribution in [0.4, 0.5) is 0 Å². The Morgan fingerprint density at radius 2 is 1.77 bits per heavy atom. The van der Waals surface area contributed by atoms with Gasteiger partial charge in [0.25, 0.3) is 0 Å². The highest BCUT2D eigenvalue weighted by atomic mass is 16.5. The van der Waals surface area contributed by atoms with Gasteiger partial charge in [0.1, 0.15) is 5.76 Å². The zero-order chi connectivity index (χ0) is 14.8. The lowest BCUT2D eigenvalue weighted by Gasteiger charge is -2.48. The summed E-state index contributed by atoms with van der Waals surface area (Å²) in [6.45, 7) is 0. The molecule has 0 aromatic carbocycles. The predicted octanol–water partition coefficient (Wildman–Crippen LogP) is 0.0364. The van der Waals surface area contributed by atoms with Crippen molar-refractivity contribution in [1.82, 2.24) is 13.9 Å². The lowest BCUT2D eigenvalue weighted by atomic mass is 9.68. The van der Waals surface area contributed by atoms with E-state index in [1.165, 1.54) is 4.57 Å². The van der Waals surface area contributed by atoms with E-state index in [4.69, 9.17) is 4.74 Å². The number of methoxy groups -OCH3 is 1. The first kappa shape index (κ1) is 10.7. The van der Waals surface area contributed by atoms with Crippen molar-refractivity contribution in [3.63, 3.8) is 0 Å². The molecular weight excluding hydrogens is 282 g/mol. The zero-order valence-corrected chi connectivity index (χ0v) is 12.3. The molecule has 2 aliphatic heterocycles. The van der Waals surface area contributed by atoms with Crippen LogP contribution in [-0.2, 0) is 11.8 Å². The van der Waals surface area contributed by atoms with Gasteiger partial charge in [0.05, 0.1) is 24.6 Å². The van der Waals surface area contributed by atoms with Crippen molar-refractivity contribution >= 4 is 0 Å². The van der Waals surface area contributed by atoms with Gasteiger partial charge in [0.15, 0.2) is 0 Å². The third kappa shape index (κ3) is 0.591. The number of ether oxygens (including phenoxy) is 1. The van der Waals surface area contributed by atoms with Gasteiger partial charge < -0.3 is 4.74 Å². The van der Waals surface area contributed by atoms with Crippen molar-refractivity contribution in [2.75, 3.05) is 7.11 Å². The smallest absolute Gasteiger partial charge is 0.347 e. The fourth-order valence-corrected chi connectivity index (χ4v) is 7.68. The Balaban J connectivity index is 1.67. The molecule has 22 heavy (non-hydrogen) atoms. The summed E-state index contributed by atoms with van der Waals surface area (Å²) in [4.78, 5) is 25.3. The van der Waals surface area contributed by atoms with E-state index in [1.54, 1.807) is 23.5 Å². The summed E-state index contributed by atoms with van der Waals surface area (Å²) in [5, 5.41) is 0. The number of hydrogen-bond acceptors (Lipinski definition) is 3. The molecule has 4 fully saturated rings. The lowest BCUT2D eigenvalue weighted by Crippen LogP contribution is -2.53. The van der Waals surface area contributed by atoms with E-state index in [9.17, 15) is 9.59 Å². The van der Waals surface area contributed by atoms with Gasteiger partial charge in [0, 0.05) is 12.5 Å². The third-order valence-corrected chi connectivity index (χ3v) is 7.87. The normalized spacial score (nSPS) is 55.6. The first-order valence-corrected chi connectivity index (χ1v) is 7.98. The monoisotopic (exact) mass is 297 g/mol. The average Bonchev–Trinajstić information content (AvgIpc) is 3.31. The summed E-state index contributed by atoms with van der Waals surface area (Å²) >= 11 is 0. The van der Waals surface area contributed by atoms with Crippen molar-refractivity contribution in [1.29, 1.82) is 0 Å². The summed E-state index contributed by atoms with van der Waals surface area (Å²) in [5.74, 6) is 3.42. The predicted molar refractivity (Wildman–Crippen MR) is 75.1 cm³/mol. The van der Waals surface area contributed by atoms with E-state index in [2.05, 4.69) is 18.2 Å². The van der Waals surface area contributed by atoms with Gasteiger partial charge >= 0.3 is 11.4 Å². The molecule has 5 aliphatic carbocycles. The Morgan fingerprint density at radius 3 is 2.50 bits per heavy atom. The molecule has 1 aromatic heterocycles. The number of nitrogens with zero attached hydrogens (tertiary/aromatic N) is 3. The molecule has 3 heterocycles. The summed E-state index contributed by atoms with van der Waals surface area (Å²) in [6.07, 6.45) is 6.47. The summed E-state index contributed by atoms with van der Waals surface area (Å²) in [7, 11) is 3.33. The molecule has 112 valence electrons. The Bertz CT molecular complexity index is 993. The van der Waals surface area contributed by atoms with Gasteiger partial charge in [-0.3, -0.25) is 0 Å². The van der Waals surface area contributed by atoms with Crippen molar-refractivity contribution in [2.45, 2.75) is 12.1 Å². The van der Waals surface area contributed by atoms with Crippen LogP contribution in [0.1, 0.15) is 12.1 Å². The van der Waals surface area contributed by atoms with Crippen molar-refractivity contribution < 1.29 is 4.74 Å². The molecule has 2 bridgehead atoms. The summed E-state index contributed by atoms with van der Waals surface area (Å²) in [6, 6.07) is 0.254. The number of rotatable bonds is 1. The van der Waals surface area contributed by atoms with Gasteiger partial charge in [-0.25, -0.2) is 23.5 Å². The molecular formula is C16H15N3O3. The molecule has 1 aromatic rings. The van der Waals surface area contributed by atoms with Crippen molar-refractivity contribution in [3.05, 3.63) is 45.0 Å². The highest BCUT2D eigenvalue weighted by molar-refractivity contribution is 5.59. The van der Waals surface area contributed by atoms with Crippen LogP contribution in [0.3, 0.4) is 0 Å². The third-order valence-electron chi connectivity index (χ3n) is 7.87. The Labute approximate surface area is 125 Å². The maximum atomic E-state index is 12.7. The minimum atomic E-state index is -0.162. The van der Waals surface area contributed by atoms with Gasteiger partial charge in [0.2, 0.25) is 0 Å². The van der Waals surface area contributed by atoms with Crippen LogP contribution in [0.15, 0.2) is 33.6 Å². The molecule has 2 spiro atoms. The maximum Gasteiger partial charge on any atom is 0.347 e. The molecule has 6 heteroatoms. The van der Waals surface area contributed by atoms with Gasteiger partial charge in [-0.15, -0.1) is 0 Å². The Hall–Kier alpha value is -1.98. The number of allylic oxidation sites excluding steroid dienone is 4. The van der Waals surface area contributed by atoms with Crippen LogP contribution in [0.2, 0.25) is 0 Å². The molecule has 7 aliphatic rings. The molecule has 0 saturated heterocycles. The largest absolute Gasteiger partial charge is 0.500 e. The second-order valence-corrected chi connectivity index (χ2v) is 7.81. The average molecular weight is 297 g/mol. The lowest BCUT2D eigenvalue weighted by molar-refractivity contribution is 0.0119. The Morgan fingerprint density at radius 1 is 1.09 bits per heavy atom. The summed E-state index contributed by atoms with van der Waals surface area (Å²) in [5.41, 5.74) is -0.339. The molecule has 0 radical (unpaired) electrons. The van der Waals surface area contributed by atoms with E-state index < -0.39 is 0 Å². The van der Waals surface area contributed by atoms with E-state index >= 15 is 0 Å². The fourth-order valence-electron chi connectivity index (χ4n) is 7.68. The second-order valence-electron chi connectivity index (χ2n) is 7.81. The van der Waals surface area contributed by atoms with E-state index in [-0.39, 0.29) is 34.3 Å². The molecule has 0 N–H and O–H groups in total. The highest BCUT2D eigenvalue weighted by Gasteiger charge is 3.04. The molecule has 6 nitrogen and oxygen atoms in total. The standard InChI is InChI=1S/C16H15N3O3/c1-17-13(20)18-11-8-7-9(8)12(19(18)14(17)21)16-6(22-2)4-3-5-15(11,16)10(7)16/h3-5,7-12H,1-2H3/t7-,8+,9+,10+,11-,12+,15-,16+/m1/s1. The van der Waals surface area contributed by atoms with E-state index in [0.29, 0.717) is 23.7 Å². The summed E-state index contributed by atoms with van der Waals surface area (Å²) < 4.78 is 10.6. The number of aromatic nitrogens is 3. The van der Waals surface area contributed by atoms with Crippen LogP contribution >= 0.6 is 0 Å². The van der Waals surface area contributed by atoms with E-state index in [1.807, 2.05) is 0 Å². The molecule has 8 atom stereocenters. The highest BCUT2D eigenvalue weighted by Crippen LogP contribution is 3.04. The minimum Gasteiger partial charge on any atom is -0.500 e. The van der Waals surface area contributed by atoms with Gasteiger partial charge in [-0.05, 0) is 29.7 Å². The van der Waals surface area contributed by atoms with Gasteiger partial charge in [-0.1, -0.05) is 12.2 Å². The SMILES string of the molecule is COC1=CC=C[C@]23[C@H]4[C@@H]5[C@@H]6[C@@H]5[C@@H]2[C@]13[C@H]6n1c(=O)n(C)c(=O)n14. The molecule has 4 saturated carbocycles. The fraction of sp³-hybridized carbons (Fsp3) is 0.625. The minimum absolute atomic E-state index is 0.0272. The van der Waals surface area contributed by atoms with Crippen LogP contribution in [-0.4, -0.2) is 21.0 Å². The topological polar surface area (TPSA) is 58.2 Å². The van der Waals surface area contributed by atoms with E-state index in [0.717, 1.165) is 5.76 Å². The van der Waals surface area contributed by atoms with Crippen LogP contribution in [0.25, 0.3) is 0 Å². The van der Waals surface area contributed by atoms with Crippen LogP contribution in [0.5, 0.6) is 0 Å². The van der Waals surface area contributed by atoms with Crippen LogP contribution in [0, 0.1) is 34.5 Å². The molecule has 8 rings (SSSR count). The van der Waals surface area contributed by atoms with Crippen LogP contribution < -0.4 is 11.4 Å². The maximum absolute atomic E-state index is 12.7. The first-order valence-electron chi connectivity index (χ1n) is 7.98. The number of hydrogen-bond donors (Lipinski definition) is 0. The first-order chi connectivity index (χ1) is 10.6. The molecule has 0 unspecified atom stereocenters. The van der Waals surface area contributed by atoms with Crippen molar-refractivity contribution in [2.24, 2.45) is 41.5 Å². The second kappa shape index (κ2) is 2.47. The zero-order valence-electron chi connectivity index (χ0n) is 12.3. The van der Waals surface area contributed by atoms with Gasteiger partial charge in [-0.2, -0.15) is 0 Å². The Kier molecular flexibility index (Phi) is 1.20. The quantitative estimate of drug-likeness (QED) is 0.735.